The van der Waals surface area contributed by atoms with Crippen LogP contribution in [0.15, 0.2) is 24.3 Å². The van der Waals surface area contributed by atoms with Gasteiger partial charge in [-0.2, -0.15) is 0 Å². The number of rotatable bonds is 4. The number of nitrogens with one attached hydrogen (secondary N) is 2. The van der Waals surface area contributed by atoms with Crippen molar-refractivity contribution in [2.75, 3.05) is 69.1 Å². The van der Waals surface area contributed by atoms with Crippen LogP contribution in [0.2, 0.25) is 0 Å². The van der Waals surface area contributed by atoms with Gasteiger partial charge in [-0.1, -0.05) is 0 Å². The van der Waals surface area contributed by atoms with Crippen molar-refractivity contribution in [3.05, 3.63) is 24.3 Å². The van der Waals surface area contributed by atoms with Crippen molar-refractivity contribution in [3.63, 3.8) is 0 Å². The quantitative estimate of drug-likeness (QED) is 0.728. The van der Waals surface area contributed by atoms with E-state index in [9.17, 15) is 9.59 Å². The summed E-state index contributed by atoms with van der Waals surface area (Å²) >= 11 is 0. The van der Waals surface area contributed by atoms with Crippen LogP contribution in [0, 0.1) is 0 Å². The van der Waals surface area contributed by atoms with Crippen LogP contribution in [-0.2, 0) is 4.79 Å². The zero-order valence-electron chi connectivity index (χ0n) is 14.3. The molecule has 25 heavy (non-hydrogen) atoms. The fraction of sp³-hybridized carbons (Fsp3) is 0.529. The second-order valence-corrected chi connectivity index (χ2v) is 6.37. The van der Waals surface area contributed by atoms with E-state index in [4.69, 9.17) is 5.11 Å². The molecule has 0 bridgehead atoms. The Hall–Kier alpha value is -2.32. The largest absolute Gasteiger partial charge is 0.480 e. The molecule has 3 N–H and O–H groups in total. The van der Waals surface area contributed by atoms with E-state index in [0.29, 0.717) is 26.2 Å². The number of carboxylic acids is 1. The van der Waals surface area contributed by atoms with Crippen LogP contribution in [0.1, 0.15) is 0 Å². The Bertz CT molecular complexity index is 593. The van der Waals surface area contributed by atoms with Gasteiger partial charge in [-0.3, -0.25) is 9.69 Å². The van der Waals surface area contributed by atoms with E-state index in [1.165, 1.54) is 5.69 Å². The average Bonchev–Trinajstić information content (AvgIpc) is 2.63. The minimum Gasteiger partial charge on any atom is -0.480 e. The zero-order valence-corrected chi connectivity index (χ0v) is 14.3. The second-order valence-electron chi connectivity index (χ2n) is 6.37. The van der Waals surface area contributed by atoms with Crippen LogP contribution in [0.3, 0.4) is 0 Å². The molecule has 0 aromatic heterocycles. The standard InChI is InChI=1S/C17H25N5O3/c23-16(24)13-20-9-11-22(12-10-20)17(25)19-14-1-3-15(4-2-14)21-7-5-18-6-8-21/h1-4,18H,5-13H2,(H,19,25)(H,23,24). The van der Waals surface area contributed by atoms with Gasteiger partial charge in [0.05, 0.1) is 6.54 Å². The van der Waals surface area contributed by atoms with E-state index in [1.807, 2.05) is 29.2 Å². The minimum absolute atomic E-state index is 0.0307. The summed E-state index contributed by atoms with van der Waals surface area (Å²) in [5.74, 6) is -0.831. The lowest BCUT2D eigenvalue weighted by Crippen LogP contribution is -2.51. The maximum absolute atomic E-state index is 12.3. The zero-order chi connectivity index (χ0) is 17.6. The first-order valence-corrected chi connectivity index (χ1v) is 8.67. The number of hydrogen-bond donors (Lipinski definition) is 3. The number of piperazine rings is 2. The summed E-state index contributed by atoms with van der Waals surface area (Å²) in [5.41, 5.74) is 1.94. The van der Waals surface area contributed by atoms with Crippen LogP contribution in [0.4, 0.5) is 16.2 Å². The average molecular weight is 347 g/mol. The van der Waals surface area contributed by atoms with E-state index < -0.39 is 5.97 Å². The lowest BCUT2D eigenvalue weighted by atomic mass is 10.2. The third-order valence-corrected chi connectivity index (χ3v) is 4.62. The number of carbonyl (C=O) groups is 2. The summed E-state index contributed by atoms with van der Waals surface area (Å²) in [6, 6.07) is 7.79. The molecule has 2 aliphatic heterocycles. The molecular weight excluding hydrogens is 322 g/mol. The molecule has 2 aliphatic rings. The predicted octanol–water partition coefficient (Wildman–Crippen LogP) is 0.330. The lowest BCUT2D eigenvalue weighted by molar-refractivity contribution is -0.138. The van der Waals surface area contributed by atoms with E-state index in [1.54, 1.807) is 4.90 Å². The summed E-state index contributed by atoms with van der Waals surface area (Å²) in [7, 11) is 0. The predicted molar refractivity (Wildman–Crippen MR) is 96.2 cm³/mol. The Morgan fingerprint density at radius 1 is 1.00 bits per heavy atom. The van der Waals surface area contributed by atoms with Gasteiger partial charge < -0.3 is 25.5 Å². The Morgan fingerprint density at radius 2 is 1.64 bits per heavy atom. The van der Waals surface area contributed by atoms with Crippen LogP contribution >= 0.6 is 0 Å². The Balaban J connectivity index is 1.49. The minimum atomic E-state index is -0.831. The maximum Gasteiger partial charge on any atom is 0.321 e. The number of amides is 2. The van der Waals surface area contributed by atoms with Crippen molar-refractivity contribution in [3.8, 4) is 0 Å². The molecule has 0 unspecified atom stereocenters. The number of carbonyl (C=O) groups excluding carboxylic acids is 1. The monoisotopic (exact) mass is 347 g/mol. The van der Waals surface area contributed by atoms with Crippen molar-refractivity contribution in [1.82, 2.24) is 15.1 Å². The summed E-state index contributed by atoms with van der Waals surface area (Å²) in [4.78, 5) is 29.0. The Labute approximate surface area is 147 Å². The molecule has 136 valence electrons. The van der Waals surface area contributed by atoms with E-state index in [2.05, 4.69) is 15.5 Å². The van der Waals surface area contributed by atoms with E-state index in [0.717, 1.165) is 31.9 Å². The van der Waals surface area contributed by atoms with Gasteiger partial charge >= 0.3 is 12.0 Å². The molecule has 2 saturated heterocycles. The molecule has 0 spiro atoms. The molecule has 1 aromatic rings. The lowest BCUT2D eigenvalue weighted by Gasteiger charge is -2.33. The molecule has 0 saturated carbocycles. The van der Waals surface area contributed by atoms with Gasteiger partial charge in [-0.25, -0.2) is 4.79 Å². The molecule has 1 aromatic carbocycles. The first-order valence-electron chi connectivity index (χ1n) is 8.67. The topological polar surface area (TPSA) is 88.1 Å². The van der Waals surface area contributed by atoms with Crippen LogP contribution in [-0.4, -0.2) is 85.8 Å². The molecule has 3 rings (SSSR count). The van der Waals surface area contributed by atoms with Crippen LogP contribution in [0.25, 0.3) is 0 Å². The summed E-state index contributed by atoms with van der Waals surface area (Å²) in [6.07, 6.45) is 0. The van der Waals surface area contributed by atoms with Gasteiger partial charge in [0.15, 0.2) is 0 Å². The number of hydrogen-bond acceptors (Lipinski definition) is 5. The van der Waals surface area contributed by atoms with E-state index >= 15 is 0 Å². The molecular formula is C17H25N5O3. The first kappa shape index (κ1) is 17.5. The highest BCUT2D eigenvalue weighted by molar-refractivity contribution is 5.89. The highest BCUT2D eigenvalue weighted by atomic mass is 16.4. The summed E-state index contributed by atoms with van der Waals surface area (Å²) < 4.78 is 0. The first-order chi connectivity index (χ1) is 12.1. The SMILES string of the molecule is O=C(O)CN1CCN(C(=O)Nc2ccc(N3CCNCC3)cc2)CC1. The molecule has 0 atom stereocenters. The molecule has 2 fully saturated rings. The number of urea groups is 1. The molecule has 8 heteroatoms. The van der Waals surface area contributed by atoms with Gasteiger partial charge in [-0.15, -0.1) is 0 Å². The van der Waals surface area contributed by atoms with Gasteiger partial charge in [-0.05, 0) is 24.3 Å². The number of nitrogens with zero attached hydrogens (tertiary/aromatic N) is 3. The van der Waals surface area contributed by atoms with Crippen molar-refractivity contribution in [2.24, 2.45) is 0 Å². The number of benzene rings is 1. The number of anilines is 2. The van der Waals surface area contributed by atoms with Crippen molar-refractivity contribution in [2.45, 2.75) is 0 Å². The molecule has 0 radical (unpaired) electrons. The molecule has 8 nitrogen and oxygen atoms in total. The maximum atomic E-state index is 12.3. The smallest absolute Gasteiger partial charge is 0.321 e. The van der Waals surface area contributed by atoms with Gasteiger partial charge in [0.1, 0.15) is 0 Å². The van der Waals surface area contributed by atoms with Crippen LogP contribution < -0.4 is 15.5 Å². The molecule has 0 aliphatic carbocycles. The third kappa shape index (κ3) is 4.83. The highest BCUT2D eigenvalue weighted by Crippen LogP contribution is 2.19. The van der Waals surface area contributed by atoms with Gasteiger partial charge in [0.2, 0.25) is 0 Å². The van der Waals surface area contributed by atoms with Crippen molar-refractivity contribution < 1.29 is 14.7 Å². The molecule has 2 heterocycles. The van der Waals surface area contributed by atoms with Gasteiger partial charge in [0.25, 0.3) is 0 Å². The number of aliphatic carboxylic acids is 1. The fourth-order valence-electron chi connectivity index (χ4n) is 3.18. The number of carboxylic acid groups (broad SMARTS) is 1. The normalized spacial score (nSPS) is 18.9. The Morgan fingerprint density at radius 3 is 2.24 bits per heavy atom. The molecule has 2 amide bonds. The van der Waals surface area contributed by atoms with Crippen molar-refractivity contribution >= 4 is 23.4 Å². The fourth-order valence-corrected chi connectivity index (χ4v) is 3.18. The Kier molecular flexibility index (Phi) is 5.72. The van der Waals surface area contributed by atoms with Crippen molar-refractivity contribution in [1.29, 1.82) is 0 Å². The highest BCUT2D eigenvalue weighted by Gasteiger charge is 2.22. The summed E-state index contributed by atoms with van der Waals surface area (Å²) in [5, 5.41) is 15.1. The van der Waals surface area contributed by atoms with Crippen LogP contribution in [0.5, 0.6) is 0 Å². The summed E-state index contributed by atoms with van der Waals surface area (Å²) in [6.45, 7) is 6.25. The van der Waals surface area contributed by atoms with Gasteiger partial charge in [0, 0.05) is 63.7 Å². The second kappa shape index (κ2) is 8.17. The third-order valence-electron chi connectivity index (χ3n) is 4.62. The van der Waals surface area contributed by atoms with E-state index in [-0.39, 0.29) is 12.6 Å².